The topological polar surface area (TPSA) is 46.5 Å². The van der Waals surface area contributed by atoms with Gasteiger partial charge in [-0.1, -0.05) is 32.9 Å². The van der Waals surface area contributed by atoms with Gasteiger partial charge in [0.2, 0.25) is 0 Å². The third-order valence-corrected chi connectivity index (χ3v) is 7.11. The Kier molecular flexibility index (Phi) is 3.99. The first-order valence-electron chi connectivity index (χ1n) is 8.91. The Balaban J connectivity index is 1.88. The van der Waals surface area contributed by atoms with E-state index in [0.29, 0.717) is 11.8 Å². The van der Waals surface area contributed by atoms with Gasteiger partial charge in [-0.3, -0.25) is 0 Å². The molecule has 3 nitrogen and oxygen atoms in total. The van der Waals surface area contributed by atoms with Crippen molar-refractivity contribution in [1.29, 1.82) is 0 Å². The number of rotatable bonds is 2. The maximum absolute atomic E-state index is 11.5. The number of esters is 1. The largest absolute Gasteiger partial charge is 0.455 e. The molecule has 3 aliphatic rings. The van der Waals surface area contributed by atoms with Gasteiger partial charge >= 0.3 is 5.97 Å². The van der Waals surface area contributed by atoms with Crippen LogP contribution in [0.3, 0.4) is 0 Å². The zero-order valence-electron chi connectivity index (χ0n) is 14.9. The van der Waals surface area contributed by atoms with Gasteiger partial charge in [0.05, 0.1) is 6.10 Å². The van der Waals surface area contributed by atoms with Crippen LogP contribution in [0.5, 0.6) is 0 Å². The number of aliphatic hydroxyl groups excluding tert-OH is 1. The zero-order valence-corrected chi connectivity index (χ0v) is 14.9. The predicted octanol–water partition coefficient (Wildman–Crippen LogP) is 4.02. The fourth-order valence-corrected chi connectivity index (χ4v) is 5.60. The van der Waals surface area contributed by atoms with Crippen LogP contribution in [0.25, 0.3) is 0 Å². The Hall–Kier alpha value is -1.09. The van der Waals surface area contributed by atoms with E-state index in [2.05, 4.69) is 27.4 Å². The first kappa shape index (κ1) is 16.8. The molecule has 1 heterocycles. The lowest BCUT2D eigenvalue weighted by atomic mass is 9.46. The first-order chi connectivity index (χ1) is 10.7. The van der Waals surface area contributed by atoms with Gasteiger partial charge in [-0.15, -0.1) is 0 Å². The molecule has 3 heteroatoms. The molecule has 2 aliphatic carbocycles. The summed E-state index contributed by atoms with van der Waals surface area (Å²) >= 11 is 0. The monoisotopic (exact) mass is 318 g/mol. The molecule has 1 aliphatic heterocycles. The van der Waals surface area contributed by atoms with Gasteiger partial charge in [0.25, 0.3) is 0 Å². The second-order valence-electron chi connectivity index (χ2n) is 8.73. The van der Waals surface area contributed by atoms with E-state index in [1.165, 1.54) is 5.57 Å². The van der Waals surface area contributed by atoms with E-state index in [1.807, 2.05) is 6.92 Å². The molecule has 0 amide bonds. The van der Waals surface area contributed by atoms with Crippen LogP contribution < -0.4 is 0 Å². The van der Waals surface area contributed by atoms with Crippen molar-refractivity contribution < 1.29 is 14.6 Å². The molecule has 0 aromatic heterocycles. The Labute approximate surface area is 139 Å². The number of aliphatic hydroxyl groups is 1. The minimum absolute atomic E-state index is 0.0663. The Morgan fingerprint density at radius 3 is 2.65 bits per heavy atom. The summed E-state index contributed by atoms with van der Waals surface area (Å²) in [7, 11) is 0. The average molecular weight is 318 g/mol. The van der Waals surface area contributed by atoms with Crippen LogP contribution in [0.1, 0.15) is 59.8 Å². The molecule has 2 fully saturated rings. The standard InChI is InChI=1S/C20H30O3/c1-12-6-7-16-19(3,4)17(21)8-9-20(16,5)14(12)11-15-13(2)10-18(22)23-15/h10,14-17,21H,1,6-9,11H2,2-5H3/t14-,15+,16-,17-,20+/m0/s1. The lowest BCUT2D eigenvalue weighted by Crippen LogP contribution is -2.55. The van der Waals surface area contributed by atoms with E-state index >= 15 is 0 Å². The van der Waals surface area contributed by atoms with E-state index < -0.39 is 0 Å². The third kappa shape index (κ3) is 2.57. The highest BCUT2D eigenvalue weighted by Crippen LogP contribution is 2.62. The molecular formula is C20H30O3. The first-order valence-corrected chi connectivity index (χ1v) is 8.91. The van der Waals surface area contributed by atoms with Crippen molar-refractivity contribution in [2.45, 2.75) is 72.0 Å². The molecule has 0 unspecified atom stereocenters. The summed E-state index contributed by atoms with van der Waals surface area (Å²) in [4.78, 5) is 11.5. The minimum atomic E-state index is -0.224. The zero-order chi connectivity index (χ0) is 17.0. The summed E-state index contributed by atoms with van der Waals surface area (Å²) in [5, 5.41) is 10.5. The summed E-state index contributed by atoms with van der Waals surface area (Å²) in [6.45, 7) is 13.1. The number of cyclic esters (lactones) is 1. The van der Waals surface area contributed by atoms with Crippen molar-refractivity contribution in [2.75, 3.05) is 0 Å². The maximum Gasteiger partial charge on any atom is 0.331 e. The molecule has 0 aromatic carbocycles. The molecule has 5 atom stereocenters. The molecule has 0 saturated heterocycles. The molecule has 1 N–H and O–H groups in total. The summed E-state index contributed by atoms with van der Waals surface area (Å²) < 4.78 is 5.50. The van der Waals surface area contributed by atoms with Crippen LogP contribution in [-0.4, -0.2) is 23.3 Å². The molecule has 0 radical (unpaired) electrons. The second kappa shape index (κ2) is 5.47. The Morgan fingerprint density at radius 2 is 2.04 bits per heavy atom. The lowest BCUT2D eigenvalue weighted by Gasteiger charge is -2.59. The van der Waals surface area contributed by atoms with Crippen molar-refractivity contribution >= 4 is 5.97 Å². The minimum Gasteiger partial charge on any atom is -0.455 e. The van der Waals surface area contributed by atoms with Crippen LogP contribution in [0, 0.1) is 22.7 Å². The molecule has 0 spiro atoms. The fraction of sp³-hybridized carbons (Fsp3) is 0.750. The quantitative estimate of drug-likeness (QED) is 0.618. The number of hydrogen-bond acceptors (Lipinski definition) is 3. The van der Waals surface area contributed by atoms with Crippen LogP contribution in [0.4, 0.5) is 0 Å². The highest BCUT2D eigenvalue weighted by molar-refractivity contribution is 5.85. The fourth-order valence-electron chi connectivity index (χ4n) is 5.60. The van der Waals surface area contributed by atoms with Gasteiger partial charge < -0.3 is 9.84 Å². The summed E-state index contributed by atoms with van der Waals surface area (Å²) in [5.41, 5.74) is 2.39. The van der Waals surface area contributed by atoms with Crippen LogP contribution in [-0.2, 0) is 9.53 Å². The third-order valence-electron chi connectivity index (χ3n) is 7.11. The summed E-state index contributed by atoms with van der Waals surface area (Å²) in [6.07, 6.45) is 6.13. The van der Waals surface area contributed by atoms with Gasteiger partial charge in [-0.2, -0.15) is 0 Å². The smallest absolute Gasteiger partial charge is 0.331 e. The summed E-state index contributed by atoms with van der Waals surface area (Å²) in [6, 6.07) is 0. The predicted molar refractivity (Wildman–Crippen MR) is 90.7 cm³/mol. The van der Waals surface area contributed by atoms with Crippen LogP contribution in [0.15, 0.2) is 23.8 Å². The van der Waals surface area contributed by atoms with Crippen molar-refractivity contribution in [3.8, 4) is 0 Å². The molecule has 128 valence electrons. The number of carbonyl (C=O) groups excluding carboxylic acids is 1. The van der Waals surface area contributed by atoms with Crippen LogP contribution in [0.2, 0.25) is 0 Å². The van der Waals surface area contributed by atoms with E-state index in [4.69, 9.17) is 4.74 Å². The molecule has 23 heavy (non-hydrogen) atoms. The highest BCUT2D eigenvalue weighted by atomic mass is 16.5. The molecule has 3 rings (SSSR count). The van der Waals surface area contributed by atoms with Gasteiger partial charge in [0, 0.05) is 6.08 Å². The van der Waals surface area contributed by atoms with Crippen molar-refractivity contribution in [3.05, 3.63) is 23.8 Å². The normalized spacial score (nSPS) is 42.9. The number of carbonyl (C=O) groups is 1. The molecule has 2 saturated carbocycles. The number of allylic oxidation sites excluding steroid dienone is 1. The maximum atomic E-state index is 11.5. The molecule has 0 aromatic rings. The van der Waals surface area contributed by atoms with E-state index in [0.717, 1.165) is 37.7 Å². The van der Waals surface area contributed by atoms with Gasteiger partial charge in [-0.05, 0) is 67.3 Å². The molecule has 0 bridgehead atoms. The van der Waals surface area contributed by atoms with Crippen molar-refractivity contribution in [2.24, 2.45) is 22.7 Å². The SMILES string of the molecule is C=C1CC[C@H]2C(C)(C)[C@@H](O)CC[C@]2(C)[C@H]1C[C@H]1OC(=O)C=C1C. The average Bonchev–Trinajstić information content (AvgIpc) is 2.77. The Morgan fingerprint density at radius 1 is 1.35 bits per heavy atom. The summed E-state index contributed by atoms with van der Waals surface area (Å²) in [5.74, 6) is 0.623. The van der Waals surface area contributed by atoms with E-state index in [1.54, 1.807) is 6.08 Å². The van der Waals surface area contributed by atoms with Crippen molar-refractivity contribution in [3.63, 3.8) is 0 Å². The van der Waals surface area contributed by atoms with Gasteiger partial charge in [-0.25, -0.2) is 4.79 Å². The Bertz CT molecular complexity index is 559. The highest BCUT2D eigenvalue weighted by Gasteiger charge is 2.56. The van der Waals surface area contributed by atoms with Gasteiger partial charge in [0.1, 0.15) is 6.10 Å². The lowest BCUT2D eigenvalue weighted by molar-refractivity contribution is -0.144. The van der Waals surface area contributed by atoms with Crippen LogP contribution >= 0.6 is 0 Å². The van der Waals surface area contributed by atoms with Gasteiger partial charge in [0.15, 0.2) is 0 Å². The van der Waals surface area contributed by atoms with Crippen molar-refractivity contribution in [1.82, 2.24) is 0 Å². The second-order valence-corrected chi connectivity index (χ2v) is 8.73. The van der Waals surface area contributed by atoms with E-state index in [-0.39, 0.29) is 29.0 Å². The number of fused-ring (bicyclic) bond motifs is 1. The molecular weight excluding hydrogens is 288 g/mol. The number of hydrogen-bond donors (Lipinski definition) is 1. The van der Waals surface area contributed by atoms with E-state index in [9.17, 15) is 9.90 Å². The number of ether oxygens (including phenoxy) is 1.